The number of ether oxygens (including phenoxy) is 1. The summed E-state index contributed by atoms with van der Waals surface area (Å²) >= 11 is 3.37. The second kappa shape index (κ2) is 8.78. The number of nitrogens with zero attached hydrogens (tertiary/aromatic N) is 2. The highest BCUT2D eigenvalue weighted by Gasteiger charge is 2.12. The fourth-order valence-corrected chi connectivity index (χ4v) is 2.60. The number of nitriles is 1. The smallest absolute Gasteiger partial charge is 0.271 e. The van der Waals surface area contributed by atoms with Gasteiger partial charge in [0.2, 0.25) is 0 Å². The van der Waals surface area contributed by atoms with Gasteiger partial charge in [-0.2, -0.15) is 5.26 Å². The van der Waals surface area contributed by atoms with E-state index >= 15 is 0 Å². The first-order chi connectivity index (χ1) is 12.4. The third-order valence-electron chi connectivity index (χ3n) is 3.25. The van der Waals surface area contributed by atoms with Gasteiger partial charge in [-0.15, -0.1) is 0 Å². The maximum atomic E-state index is 12.3. The minimum Gasteiger partial charge on any atom is -0.493 e. The van der Waals surface area contributed by atoms with Crippen molar-refractivity contribution >= 4 is 39.3 Å². The molecule has 132 valence electrons. The van der Waals surface area contributed by atoms with Gasteiger partial charge in [-0.05, 0) is 52.7 Å². The lowest BCUT2D eigenvalue weighted by atomic mass is 10.1. The van der Waals surface area contributed by atoms with Crippen LogP contribution in [0.3, 0.4) is 0 Å². The molecule has 0 fully saturated rings. The number of amides is 1. The molecule has 1 N–H and O–H groups in total. The maximum Gasteiger partial charge on any atom is 0.271 e. The van der Waals surface area contributed by atoms with E-state index in [1.165, 1.54) is 30.3 Å². The summed E-state index contributed by atoms with van der Waals surface area (Å²) in [5.41, 5.74) is 0.581. The zero-order chi connectivity index (χ0) is 19.1. The van der Waals surface area contributed by atoms with Gasteiger partial charge < -0.3 is 10.1 Å². The molecule has 0 bridgehead atoms. The molecule has 0 spiro atoms. The molecule has 0 saturated heterocycles. The van der Waals surface area contributed by atoms with Crippen molar-refractivity contribution < 1.29 is 14.5 Å². The number of benzene rings is 2. The summed E-state index contributed by atoms with van der Waals surface area (Å²) in [5.74, 6) is 0.00205. The van der Waals surface area contributed by atoms with Crippen LogP contribution in [0, 0.1) is 21.4 Å². The van der Waals surface area contributed by atoms with Crippen molar-refractivity contribution in [3.05, 3.63) is 68.2 Å². The van der Waals surface area contributed by atoms with Gasteiger partial charge in [0, 0.05) is 17.8 Å². The Hall–Kier alpha value is -3.18. The van der Waals surface area contributed by atoms with Crippen molar-refractivity contribution in [3.63, 3.8) is 0 Å². The normalized spacial score (nSPS) is 10.7. The Balaban J connectivity index is 2.22. The summed E-state index contributed by atoms with van der Waals surface area (Å²) in [6.07, 6.45) is 1.42. The third kappa shape index (κ3) is 4.91. The van der Waals surface area contributed by atoms with E-state index in [1.807, 2.05) is 13.0 Å². The molecule has 0 atom stereocenters. The number of nitro benzene ring substituents is 1. The topological polar surface area (TPSA) is 105 Å². The van der Waals surface area contributed by atoms with Gasteiger partial charge in [-0.1, -0.05) is 12.1 Å². The van der Waals surface area contributed by atoms with Gasteiger partial charge >= 0.3 is 0 Å². The number of hydrogen-bond donors (Lipinski definition) is 1. The third-order valence-corrected chi connectivity index (χ3v) is 3.87. The Morgan fingerprint density at radius 2 is 2.15 bits per heavy atom. The second-order valence-corrected chi connectivity index (χ2v) is 5.91. The Morgan fingerprint density at radius 3 is 2.77 bits per heavy atom. The van der Waals surface area contributed by atoms with E-state index in [0.717, 1.165) is 0 Å². The van der Waals surface area contributed by atoms with Crippen LogP contribution in [0.2, 0.25) is 0 Å². The molecule has 0 saturated carbocycles. The summed E-state index contributed by atoms with van der Waals surface area (Å²) in [6, 6.07) is 12.5. The summed E-state index contributed by atoms with van der Waals surface area (Å²) in [7, 11) is 0. The van der Waals surface area contributed by atoms with Crippen LogP contribution >= 0.6 is 15.9 Å². The molecule has 0 radical (unpaired) electrons. The summed E-state index contributed by atoms with van der Waals surface area (Å²) in [5, 5.41) is 22.5. The van der Waals surface area contributed by atoms with Crippen molar-refractivity contribution in [2.24, 2.45) is 0 Å². The van der Waals surface area contributed by atoms with Crippen LogP contribution in [0.5, 0.6) is 5.75 Å². The van der Waals surface area contributed by atoms with Gasteiger partial charge in [-0.3, -0.25) is 14.9 Å². The van der Waals surface area contributed by atoms with E-state index in [9.17, 15) is 20.2 Å². The molecule has 0 aromatic heterocycles. The van der Waals surface area contributed by atoms with Crippen molar-refractivity contribution in [1.82, 2.24) is 0 Å². The monoisotopic (exact) mass is 415 g/mol. The predicted molar refractivity (Wildman–Crippen MR) is 101 cm³/mol. The van der Waals surface area contributed by atoms with E-state index < -0.39 is 10.8 Å². The highest BCUT2D eigenvalue weighted by molar-refractivity contribution is 9.10. The number of non-ortho nitro benzene ring substituents is 1. The van der Waals surface area contributed by atoms with E-state index in [1.54, 1.807) is 18.2 Å². The molecule has 0 heterocycles. The highest BCUT2D eigenvalue weighted by atomic mass is 79.9. The van der Waals surface area contributed by atoms with Crippen LogP contribution in [0.4, 0.5) is 11.4 Å². The quantitative estimate of drug-likeness (QED) is 0.327. The Bertz CT molecular complexity index is 919. The Morgan fingerprint density at radius 1 is 1.38 bits per heavy atom. The minimum atomic E-state index is -0.655. The Kier molecular flexibility index (Phi) is 6.47. The number of carbonyl (C=O) groups is 1. The van der Waals surface area contributed by atoms with Crippen LogP contribution in [-0.2, 0) is 4.79 Å². The van der Waals surface area contributed by atoms with Crippen molar-refractivity contribution in [3.8, 4) is 11.8 Å². The number of carbonyl (C=O) groups excluding carboxylic acids is 1. The van der Waals surface area contributed by atoms with Crippen LogP contribution in [0.15, 0.2) is 52.5 Å². The van der Waals surface area contributed by atoms with Gasteiger partial charge in [0.15, 0.2) is 0 Å². The summed E-state index contributed by atoms with van der Waals surface area (Å²) in [4.78, 5) is 22.5. The molecule has 2 rings (SSSR count). The molecule has 7 nitrogen and oxygen atoms in total. The number of rotatable bonds is 6. The van der Waals surface area contributed by atoms with Crippen molar-refractivity contribution in [2.75, 3.05) is 11.9 Å². The molecule has 26 heavy (non-hydrogen) atoms. The molecular formula is C18H14BrN3O4. The Labute approximate surface area is 158 Å². The first-order valence-corrected chi connectivity index (χ1v) is 8.34. The largest absolute Gasteiger partial charge is 0.493 e. The number of nitro groups is 1. The lowest BCUT2D eigenvalue weighted by Gasteiger charge is -2.07. The molecular weight excluding hydrogens is 402 g/mol. The molecule has 0 aliphatic carbocycles. The first kappa shape index (κ1) is 19.1. The molecule has 8 heteroatoms. The summed E-state index contributed by atoms with van der Waals surface area (Å²) < 4.78 is 6.11. The van der Waals surface area contributed by atoms with Crippen molar-refractivity contribution in [1.29, 1.82) is 5.26 Å². The van der Waals surface area contributed by atoms with Gasteiger partial charge in [0.25, 0.3) is 11.6 Å². The number of anilines is 1. The lowest BCUT2D eigenvalue weighted by Crippen LogP contribution is -2.13. The fourth-order valence-electron chi connectivity index (χ4n) is 2.09. The predicted octanol–water partition coefficient (Wildman–Crippen LogP) is 4.30. The molecule has 0 aliphatic rings. The average molecular weight is 416 g/mol. The lowest BCUT2D eigenvalue weighted by molar-refractivity contribution is -0.384. The number of halogens is 1. The molecule has 2 aromatic carbocycles. The van der Waals surface area contributed by atoms with E-state index in [2.05, 4.69) is 21.2 Å². The number of hydrogen-bond acceptors (Lipinski definition) is 5. The van der Waals surface area contributed by atoms with Crippen LogP contribution in [-0.4, -0.2) is 17.4 Å². The zero-order valence-corrected chi connectivity index (χ0v) is 15.3. The van der Waals surface area contributed by atoms with Crippen LogP contribution in [0.25, 0.3) is 6.08 Å². The van der Waals surface area contributed by atoms with Crippen LogP contribution < -0.4 is 10.1 Å². The van der Waals surface area contributed by atoms with E-state index in [0.29, 0.717) is 22.4 Å². The summed E-state index contributed by atoms with van der Waals surface area (Å²) in [6.45, 7) is 2.38. The van der Waals surface area contributed by atoms with Gasteiger partial charge in [-0.25, -0.2) is 0 Å². The van der Waals surface area contributed by atoms with E-state index in [-0.39, 0.29) is 16.9 Å². The molecule has 0 aliphatic heterocycles. The number of nitrogens with one attached hydrogen (secondary N) is 1. The maximum absolute atomic E-state index is 12.3. The fraction of sp³-hybridized carbons (Fsp3) is 0.111. The van der Waals surface area contributed by atoms with Crippen LogP contribution in [0.1, 0.15) is 12.5 Å². The molecule has 0 unspecified atom stereocenters. The zero-order valence-electron chi connectivity index (χ0n) is 13.7. The van der Waals surface area contributed by atoms with E-state index in [4.69, 9.17) is 4.74 Å². The first-order valence-electron chi connectivity index (χ1n) is 7.54. The van der Waals surface area contributed by atoms with Crippen molar-refractivity contribution in [2.45, 2.75) is 6.92 Å². The van der Waals surface area contributed by atoms with Gasteiger partial charge in [0.1, 0.15) is 17.4 Å². The molecule has 1 amide bonds. The van der Waals surface area contributed by atoms with Gasteiger partial charge in [0.05, 0.1) is 16.0 Å². The second-order valence-electron chi connectivity index (χ2n) is 5.05. The molecule has 2 aromatic rings. The average Bonchev–Trinajstić information content (AvgIpc) is 2.62. The highest BCUT2D eigenvalue weighted by Crippen LogP contribution is 2.27. The standard InChI is InChI=1S/C18H14BrN3O4/c1-2-26-17-7-6-12(9-16(17)19)8-13(11-20)18(23)21-14-4-3-5-15(10-14)22(24)25/h3-10H,2H2,1H3,(H,21,23)/b13-8+. The SMILES string of the molecule is CCOc1ccc(/C=C(\C#N)C(=O)Nc2cccc([N+](=O)[O-])c2)cc1Br. The minimum absolute atomic E-state index is 0.132.